The molecule has 0 N–H and O–H groups in total. The number of carbonyl (C=O) groups excluding carboxylic acids is 1. The Morgan fingerprint density at radius 2 is 1.76 bits per heavy atom. The number of ether oxygens (including phenoxy) is 3. The first kappa shape index (κ1) is 15.5. The lowest BCUT2D eigenvalue weighted by atomic mass is 9.87. The molecule has 0 bridgehead atoms. The zero-order chi connectivity index (χ0) is 15.8. The minimum Gasteiger partial charge on any atom is -0.493 e. The molecule has 0 spiro atoms. The molecule has 0 fully saturated rings. The highest BCUT2D eigenvalue weighted by molar-refractivity contribution is 5.96. The van der Waals surface area contributed by atoms with Crippen molar-refractivity contribution in [1.82, 2.24) is 0 Å². The summed E-state index contributed by atoms with van der Waals surface area (Å²) in [6.45, 7) is 6.20. The van der Waals surface area contributed by atoms with E-state index < -0.39 is 0 Å². The molecule has 1 atom stereocenters. The van der Waals surface area contributed by atoms with E-state index in [1.807, 2.05) is 0 Å². The second kappa shape index (κ2) is 5.47. The number of nitrogens with zero attached hydrogens (tertiary/aromatic N) is 1. The van der Waals surface area contributed by atoms with E-state index in [4.69, 9.17) is 14.2 Å². The van der Waals surface area contributed by atoms with Gasteiger partial charge in [0.2, 0.25) is 5.91 Å². The Kier molecular flexibility index (Phi) is 4.03. The van der Waals surface area contributed by atoms with E-state index in [1.54, 1.807) is 38.3 Å². The van der Waals surface area contributed by atoms with Crippen LogP contribution in [0.1, 0.15) is 27.2 Å². The molecule has 0 unspecified atom stereocenters. The van der Waals surface area contributed by atoms with E-state index in [-0.39, 0.29) is 17.4 Å². The fourth-order valence-electron chi connectivity index (χ4n) is 2.31. The highest BCUT2D eigenvalue weighted by atomic mass is 16.5. The third-order valence-electron chi connectivity index (χ3n) is 3.80. The van der Waals surface area contributed by atoms with Crippen LogP contribution in [0, 0.1) is 5.41 Å². The molecule has 0 aromatic heterocycles. The van der Waals surface area contributed by atoms with Gasteiger partial charge in [0.25, 0.3) is 0 Å². The van der Waals surface area contributed by atoms with Gasteiger partial charge in [-0.2, -0.15) is 0 Å². The molecule has 1 heterocycles. The van der Waals surface area contributed by atoms with Crippen LogP contribution in [-0.2, 0) is 4.79 Å². The second-order valence-corrected chi connectivity index (χ2v) is 6.30. The minimum atomic E-state index is -0.188. The minimum absolute atomic E-state index is 0.0286. The third-order valence-corrected chi connectivity index (χ3v) is 3.80. The first-order valence-corrected chi connectivity index (χ1v) is 6.97. The molecule has 0 saturated carbocycles. The lowest BCUT2D eigenvalue weighted by molar-refractivity contribution is -0.120. The van der Waals surface area contributed by atoms with Crippen LogP contribution in [-0.4, -0.2) is 33.3 Å². The lowest BCUT2D eigenvalue weighted by Crippen LogP contribution is -2.35. The van der Waals surface area contributed by atoms with E-state index >= 15 is 0 Å². The Labute approximate surface area is 125 Å². The number of fused-ring (bicyclic) bond motifs is 1. The molecule has 0 radical (unpaired) electrons. The van der Waals surface area contributed by atoms with Gasteiger partial charge in [0.15, 0.2) is 11.5 Å². The summed E-state index contributed by atoms with van der Waals surface area (Å²) in [5.74, 6) is 1.84. The summed E-state index contributed by atoms with van der Waals surface area (Å²) >= 11 is 0. The van der Waals surface area contributed by atoms with Crippen LogP contribution in [0.25, 0.3) is 0 Å². The summed E-state index contributed by atoms with van der Waals surface area (Å²) in [7, 11) is 4.90. The van der Waals surface area contributed by atoms with Gasteiger partial charge in [-0.05, 0) is 5.41 Å². The van der Waals surface area contributed by atoms with Crippen LogP contribution in [0.2, 0.25) is 0 Å². The number of carbonyl (C=O) groups is 1. The molecule has 2 rings (SSSR count). The molecule has 1 amide bonds. The number of methoxy groups -OCH3 is 2. The molecule has 5 heteroatoms. The molecule has 1 aromatic carbocycles. The summed E-state index contributed by atoms with van der Waals surface area (Å²) < 4.78 is 16.7. The van der Waals surface area contributed by atoms with Gasteiger partial charge in [-0.3, -0.25) is 4.79 Å². The number of rotatable bonds is 2. The maximum atomic E-state index is 12.4. The Balaban J connectivity index is 2.54. The number of anilines is 1. The fourth-order valence-corrected chi connectivity index (χ4v) is 2.31. The largest absolute Gasteiger partial charge is 0.493 e. The number of amides is 1. The van der Waals surface area contributed by atoms with Crippen molar-refractivity contribution < 1.29 is 19.0 Å². The molecule has 21 heavy (non-hydrogen) atoms. The van der Waals surface area contributed by atoms with Gasteiger partial charge in [-0.25, -0.2) is 0 Å². The van der Waals surface area contributed by atoms with E-state index in [0.717, 1.165) is 0 Å². The fraction of sp³-hybridized carbons (Fsp3) is 0.562. The normalized spacial score (nSPS) is 18.7. The van der Waals surface area contributed by atoms with Crippen LogP contribution in [0.4, 0.5) is 5.69 Å². The highest BCUT2D eigenvalue weighted by Crippen LogP contribution is 2.43. The van der Waals surface area contributed by atoms with Crippen molar-refractivity contribution in [3.8, 4) is 17.2 Å². The molecular weight excluding hydrogens is 270 g/mol. The zero-order valence-corrected chi connectivity index (χ0v) is 13.5. The van der Waals surface area contributed by atoms with Crippen molar-refractivity contribution in [2.24, 2.45) is 5.41 Å². The topological polar surface area (TPSA) is 48.0 Å². The standard InChI is InChI=1S/C16H23NO4/c1-16(2,3)14-9-15(18)17(4)10-7-12(19-5)13(20-6)8-11(10)21-14/h7-8,14H,9H2,1-6H3/t14-/m0/s1. The zero-order valence-electron chi connectivity index (χ0n) is 13.5. The second-order valence-electron chi connectivity index (χ2n) is 6.30. The first-order valence-electron chi connectivity index (χ1n) is 6.97. The van der Waals surface area contributed by atoms with Crippen molar-refractivity contribution >= 4 is 11.6 Å². The van der Waals surface area contributed by atoms with E-state index in [1.165, 1.54) is 0 Å². The van der Waals surface area contributed by atoms with Gasteiger partial charge < -0.3 is 19.1 Å². The number of hydrogen-bond acceptors (Lipinski definition) is 4. The SMILES string of the molecule is COc1cc2c(cc1OC)N(C)C(=O)C[C@@H](C(C)(C)C)O2. The van der Waals surface area contributed by atoms with Crippen molar-refractivity contribution in [1.29, 1.82) is 0 Å². The summed E-state index contributed by atoms with van der Waals surface area (Å²) in [6.07, 6.45) is 0.158. The highest BCUT2D eigenvalue weighted by Gasteiger charge is 2.35. The Morgan fingerprint density at radius 1 is 1.19 bits per heavy atom. The van der Waals surface area contributed by atoms with Crippen LogP contribution < -0.4 is 19.1 Å². The monoisotopic (exact) mass is 293 g/mol. The van der Waals surface area contributed by atoms with Crippen LogP contribution in [0.15, 0.2) is 12.1 Å². The summed E-state index contributed by atoms with van der Waals surface area (Å²) in [6, 6.07) is 3.55. The van der Waals surface area contributed by atoms with Gasteiger partial charge in [0.1, 0.15) is 11.9 Å². The van der Waals surface area contributed by atoms with Crippen LogP contribution in [0.5, 0.6) is 17.2 Å². The summed E-state index contributed by atoms with van der Waals surface area (Å²) in [5.41, 5.74) is 0.565. The smallest absolute Gasteiger partial charge is 0.230 e. The lowest BCUT2D eigenvalue weighted by Gasteiger charge is -2.29. The average Bonchev–Trinajstić information content (AvgIpc) is 2.55. The quantitative estimate of drug-likeness (QED) is 0.841. The molecule has 0 aliphatic carbocycles. The number of hydrogen-bond donors (Lipinski definition) is 0. The van der Waals surface area contributed by atoms with Gasteiger partial charge in [0.05, 0.1) is 26.3 Å². The van der Waals surface area contributed by atoms with Gasteiger partial charge >= 0.3 is 0 Å². The summed E-state index contributed by atoms with van der Waals surface area (Å²) in [4.78, 5) is 14.0. The maximum absolute atomic E-state index is 12.4. The van der Waals surface area contributed by atoms with Gasteiger partial charge in [0, 0.05) is 19.2 Å². The molecule has 116 valence electrons. The molecule has 1 aliphatic heterocycles. The van der Waals surface area contributed by atoms with E-state index in [0.29, 0.717) is 29.4 Å². The predicted molar refractivity (Wildman–Crippen MR) is 81.4 cm³/mol. The van der Waals surface area contributed by atoms with Crippen molar-refractivity contribution in [3.63, 3.8) is 0 Å². The number of benzene rings is 1. The predicted octanol–water partition coefficient (Wildman–Crippen LogP) is 2.86. The van der Waals surface area contributed by atoms with Crippen LogP contribution in [0.3, 0.4) is 0 Å². The molecule has 1 aromatic rings. The van der Waals surface area contributed by atoms with Crippen molar-refractivity contribution in [2.75, 3.05) is 26.2 Å². The maximum Gasteiger partial charge on any atom is 0.230 e. The summed E-state index contributed by atoms with van der Waals surface area (Å²) in [5, 5.41) is 0. The molecular formula is C16H23NO4. The van der Waals surface area contributed by atoms with E-state index in [2.05, 4.69) is 20.8 Å². The Bertz CT molecular complexity index is 548. The molecule has 5 nitrogen and oxygen atoms in total. The van der Waals surface area contributed by atoms with Crippen molar-refractivity contribution in [3.05, 3.63) is 12.1 Å². The Hall–Kier alpha value is -1.91. The molecule has 0 saturated heterocycles. The van der Waals surface area contributed by atoms with Crippen LogP contribution >= 0.6 is 0 Å². The molecule has 1 aliphatic rings. The van der Waals surface area contributed by atoms with Gasteiger partial charge in [-0.15, -0.1) is 0 Å². The Morgan fingerprint density at radius 3 is 2.29 bits per heavy atom. The average molecular weight is 293 g/mol. The van der Waals surface area contributed by atoms with E-state index in [9.17, 15) is 4.79 Å². The third kappa shape index (κ3) is 2.91. The van der Waals surface area contributed by atoms with Crippen molar-refractivity contribution in [2.45, 2.75) is 33.3 Å². The first-order chi connectivity index (χ1) is 9.77. The van der Waals surface area contributed by atoms with Gasteiger partial charge in [-0.1, -0.05) is 20.8 Å².